The van der Waals surface area contributed by atoms with Crippen LogP contribution in [0.25, 0.3) is 0 Å². The summed E-state index contributed by atoms with van der Waals surface area (Å²) < 4.78 is 0. The Labute approximate surface area is 117 Å². The van der Waals surface area contributed by atoms with E-state index in [0.29, 0.717) is 18.9 Å². The van der Waals surface area contributed by atoms with Gasteiger partial charge in [-0.25, -0.2) is 0 Å². The van der Waals surface area contributed by atoms with Crippen molar-refractivity contribution in [3.05, 3.63) is 12.7 Å². The van der Waals surface area contributed by atoms with Crippen molar-refractivity contribution < 1.29 is 4.79 Å². The zero-order valence-electron chi connectivity index (χ0n) is 11.4. The monoisotopic (exact) mass is 274 g/mol. The summed E-state index contributed by atoms with van der Waals surface area (Å²) in [6.07, 6.45) is 8.76. The first kappa shape index (κ1) is 17.5. The molecule has 1 atom stereocenters. The molecule has 0 spiro atoms. The topological polar surface area (TPSA) is 46.3 Å². The summed E-state index contributed by atoms with van der Waals surface area (Å²) in [5.74, 6) is 0.853. The van der Waals surface area contributed by atoms with E-state index in [0.717, 1.165) is 6.54 Å². The van der Waals surface area contributed by atoms with Gasteiger partial charge in [-0.05, 0) is 25.7 Å². The number of hydrogen-bond acceptors (Lipinski definition) is 2. The standard InChI is InChI=1S/C14H26N2O.ClH/c1-3-9-16(14(17)10-12(2)15)11-13-7-5-4-6-8-13;/h3,12-13H,1,4-11,15H2,2H3;1H. The SMILES string of the molecule is C=CCN(CC1CCCCC1)C(=O)CC(C)N.Cl. The first-order chi connectivity index (χ1) is 8.13. The van der Waals surface area contributed by atoms with Gasteiger partial charge in [-0.2, -0.15) is 0 Å². The fourth-order valence-corrected chi connectivity index (χ4v) is 2.52. The molecular formula is C14H27ClN2O. The van der Waals surface area contributed by atoms with Gasteiger partial charge in [0.1, 0.15) is 0 Å². The van der Waals surface area contributed by atoms with Crippen LogP contribution >= 0.6 is 12.4 Å². The van der Waals surface area contributed by atoms with Gasteiger partial charge in [-0.15, -0.1) is 19.0 Å². The molecule has 0 aromatic carbocycles. The van der Waals surface area contributed by atoms with Crippen LogP contribution in [-0.2, 0) is 4.79 Å². The highest BCUT2D eigenvalue weighted by Crippen LogP contribution is 2.24. The molecule has 106 valence electrons. The predicted octanol–water partition coefficient (Wildman–Crippen LogP) is 2.74. The van der Waals surface area contributed by atoms with Crippen molar-refractivity contribution in [3.8, 4) is 0 Å². The number of halogens is 1. The van der Waals surface area contributed by atoms with E-state index in [4.69, 9.17) is 5.73 Å². The molecule has 0 radical (unpaired) electrons. The first-order valence-electron chi connectivity index (χ1n) is 6.77. The van der Waals surface area contributed by atoms with Crippen molar-refractivity contribution >= 4 is 18.3 Å². The normalized spacial score (nSPS) is 17.7. The van der Waals surface area contributed by atoms with Crippen molar-refractivity contribution in [2.75, 3.05) is 13.1 Å². The van der Waals surface area contributed by atoms with Gasteiger partial charge >= 0.3 is 0 Å². The van der Waals surface area contributed by atoms with Crippen LogP contribution in [0.1, 0.15) is 45.4 Å². The third kappa shape index (κ3) is 6.41. The van der Waals surface area contributed by atoms with Crippen LogP contribution in [0.4, 0.5) is 0 Å². The van der Waals surface area contributed by atoms with E-state index in [1.54, 1.807) is 0 Å². The minimum Gasteiger partial charge on any atom is -0.339 e. The quantitative estimate of drug-likeness (QED) is 0.757. The van der Waals surface area contributed by atoms with E-state index in [9.17, 15) is 4.79 Å². The number of rotatable bonds is 6. The molecule has 1 amide bonds. The van der Waals surface area contributed by atoms with Crippen molar-refractivity contribution in [1.82, 2.24) is 4.90 Å². The molecule has 18 heavy (non-hydrogen) atoms. The summed E-state index contributed by atoms with van der Waals surface area (Å²) in [5, 5.41) is 0. The van der Waals surface area contributed by atoms with Crippen molar-refractivity contribution in [1.29, 1.82) is 0 Å². The number of carbonyl (C=O) groups excluding carboxylic acids is 1. The maximum Gasteiger partial charge on any atom is 0.224 e. The number of carbonyl (C=O) groups is 1. The van der Waals surface area contributed by atoms with Gasteiger partial charge in [-0.3, -0.25) is 4.79 Å². The van der Waals surface area contributed by atoms with Crippen LogP contribution in [0.3, 0.4) is 0 Å². The second-order valence-corrected chi connectivity index (χ2v) is 5.27. The van der Waals surface area contributed by atoms with E-state index in [-0.39, 0.29) is 24.4 Å². The van der Waals surface area contributed by atoms with Gasteiger partial charge in [0.25, 0.3) is 0 Å². The second-order valence-electron chi connectivity index (χ2n) is 5.27. The Kier molecular flexibility index (Phi) is 9.12. The molecule has 1 fully saturated rings. The minimum absolute atomic E-state index is 0. The third-order valence-corrected chi connectivity index (χ3v) is 3.40. The molecular weight excluding hydrogens is 248 g/mol. The van der Waals surface area contributed by atoms with Crippen molar-refractivity contribution in [2.45, 2.75) is 51.5 Å². The largest absolute Gasteiger partial charge is 0.339 e. The zero-order valence-corrected chi connectivity index (χ0v) is 12.3. The van der Waals surface area contributed by atoms with Gasteiger partial charge in [-0.1, -0.05) is 25.3 Å². The fourth-order valence-electron chi connectivity index (χ4n) is 2.52. The van der Waals surface area contributed by atoms with Crippen molar-refractivity contribution in [2.24, 2.45) is 11.7 Å². The Morgan fingerprint density at radius 2 is 2.06 bits per heavy atom. The summed E-state index contributed by atoms with van der Waals surface area (Å²) in [5.41, 5.74) is 5.69. The number of amides is 1. The lowest BCUT2D eigenvalue weighted by molar-refractivity contribution is -0.131. The molecule has 1 unspecified atom stereocenters. The maximum absolute atomic E-state index is 12.0. The zero-order chi connectivity index (χ0) is 12.7. The molecule has 1 saturated carbocycles. The second kappa shape index (κ2) is 9.40. The predicted molar refractivity (Wildman–Crippen MR) is 78.9 cm³/mol. The van der Waals surface area contributed by atoms with Gasteiger partial charge in [0.15, 0.2) is 0 Å². The molecule has 2 N–H and O–H groups in total. The van der Waals surface area contributed by atoms with Gasteiger partial charge in [0.05, 0.1) is 0 Å². The number of nitrogens with zero attached hydrogens (tertiary/aromatic N) is 1. The van der Waals surface area contributed by atoms with Crippen LogP contribution in [-0.4, -0.2) is 29.9 Å². The fraction of sp³-hybridized carbons (Fsp3) is 0.786. The molecule has 0 bridgehead atoms. The summed E-state index contributed by atoms with van der Waals surface area (Å²) >= 11 is 0. The van der Waals surface area contributed by atoms with Crippen LogP contribution < -0.4 is 5.73 Å². The van der Waals surface area contributed by atoms with E-state index >= 15 is 0 Å². The van der Waals surface area contributed by atoms with Crippen LogP contribution in [0.2, 0.25) is 0 Å². The smallest absolute Gasteiger partial charge is 0.224 e. The molecule has 0 heterocycles. The Morgan fingerprint density at radius 1 is 1.44 bits per heavy atom. The first-order valence-corrected chi connectivity index (χ1v) is 6.77. The highest BCUT2D eigenvalue weighted by Gasteiger charge is 2.20. The van der Waals surface area contributed by atoms with Crippen molar-refractivity contribution in [3.63, 3.8) is 0 Å². The summed E-state index contributed by atoms with van der Waals surface area (Å²) in [6, 6.07) is -0.0545. The van der Waals surface area contributed by atoms with E-state index in [1.807, 2.05) is 17.9 Å². The highest BCUT2D eigenvalue weighted by molar-refractivity contribution is 5.85. The average molecular weight is 275 g/mol. The highest BCUT2D eigenvalue weighted by atomic mass is 35.5. The molecule has 0 aromatic rings. The van der Waals surface area contributed by atoms with Gasteiger partial charge in [0, 0.05) is 25.6 Å². The molecule has 0 saturated heterocycles. The number of hydrogen-bond donors (Lipinski definition) is 1. The van der Waals surface area contributed by atoms with E-state index < -0.39 is 0 Å². The molecule has 3 nitrogen and oxygen atoms in total. The molecule has 1 aliphatic carbocycles. The lowest BCUT2D eigenvalue weighted by Gasteiger charge is -2.29. The lowest BCUT2D eigenvalue weighted by atomic mass is 9.89. The average Bonchev–Trinajstić information content (AvgIpc) is 2.29. The summed E-state index contributed by atoms with van der Waals surface area (Å²) in [6.45, 7) is 7.15. The molecule has 0 aliphatic heterocycles. The third-order valence-electron chi connectivity index (χ3n) is 3.40. The summed E-state index contributed by atoms with van der Waals surface area (Å²) in [4.78, 5) is 13.9. The van der Waals surface area contributed by atoms with Gasteiger partial charge < -0.3 is 10.6 Å². The van der Waals surface area contributed by atoms with Crippen LogP contribution in [0, 0.1) is 5.92 Å². The van der Waals surface area contributed by atoms with Crippen LogP contribution in [0.15, 0.2) is 12.7 Å². The Hall–Kier alpha value is -0.540. The van der Waals surface area contributed by atoms with E-state index in [2.05, 4.69) is 6.58 Å². The Balaban J connectivity index is 0.00000289. The van der Waals surface area contributed by atoms with Crippen LogP contribution in [0.5, 0.6) is 0 Å². The number of nitrogens with two attached hydrogens (primary N) is 1. The molecule has 1 rings (SSSR count). The Bertz CT molecular complexity index is 250. The van der Waals surface area contributed by atoms with E-state index in [1.165, 1.54) is 32.1 Å². The summed E-state index contributed by atoms with van der Waals surface area (Å²) in [7, 11) is 0. The molecule has 1 aliphatic rings. The van der Waals surface area contributed by atoms with Gasteiger partial charge in [0.2, 0.25) is 5.91 Å². The molecule has 0 aromatic heterocycles. The molecule has 4 heteroatoms. The lowest BCUT2D eigenvalue weighted by Crippen LogP contribution is -2.38. The maximum atomic E-state index is 12.0. The Morgan fingerprint density at radius 3 is 2.56 bits per heavy atom. The minimum atomic E-state index is -0.0545.